The molecule has 0 bridgehead atoms. The average molecular weight is 477 g/mol. The molecule has 0 rings (SSSR count). The second kappa shape index (κ2) is 21.3. The van der Waals surface area contributed by atoms with Gasteiger partial charge in [-0.15, -0.1) is 0 Å². The molecule has 0 saturated heterocycles. The molecule has 0 saturated carbocycles. The predicted molar refractivity (Wildman–Crippen MR) is 152 cm³/mol. The first-order chi connectivity index (χ1) is 15.0. The van der Waals surface area contributed by atoms with E-state index >= 15 is 0 Å². The van der Waals surface area contributed by atoms with Crippen molar-refractivity contribution in [1.82, 2.24) is 0 Å². The molecule has 0 spiro atoms. The molecule has 31 heavy (non-hydrogen) atoms. The van der Waals surface area contributed by atoms with Gasteiger partial charge in [0.25, 0.3) is 0 Å². The van der Waals surface area contributed by atoms with Crippen molar-refractivity contribution in [2.45, 2.75) is 163 Å². The normalized spacial score (nSPS) is 13.4. The second-order valence-corrected chi connectivity index (χ2v) is 19.0. The van der Waals surface area contributed by atoms with Gasteiger partial charge in [0, 0.05) is 0 Å². The fraction of sp³-hybridized carbons (Fsp3) is 1.00. The zero-order valence-electron chi connectivity index (χ0n) is 22.5. The van der Waals surface area contributed by atoms with Crippen LogP contribution < -0.4 is 0 Å². The maximum absolute atomic E-state index is 7.96. The third kappa shape index (κ3) is 17.8. The molecule has 0 atom stereocenters. The third-order valence-electron chi connectivity index (χ3n) is 7.53. The van der Waals surface area contributed by atoms with E-state index in [1.807, 2.05) is 0 Å². The van der Waals surface area contributed by atoms with Crippen molar-refractivity contribution in [3.63, 3.8) is 0 Å². The van der Waals surface area contributed by atoms with Crippen LogP contribution in [-0.2, 0) is 0 Å². The van der Waals surface area contributed by atoms with Crippen molar-refractivity contribution in [2.24, 2.45) is 0 Å². The van der Waals surface area contributed by atoms with Crippen molar-refractivity contribution in [1.29, 1.82) is 0 Å². The number of halogens is 1. The van der Waals surface area contributed by atoms with E-state index in [4.69, 9.17) is 11.2 Å². The molecule has 0 N–H and O–H groups in total. The third-order valence-corrected chi connectivity index (χ3v) is 15.3. The molecular formula is C29H62ClP. The average Bonchev–Trinajstić information content (AvgIpc) is 2.77. The van der Waals surface area contributed by atoms with Gasteiger partial charge in [0.1, 0.15) is 0 Å². The predicted octanol–water partition coefficient (Wildman–Crippen LogP) is 12.0. The number of hydrogen-bond acceptors (Lipinski definition) is 0. The van der Waals surface area contributed by atoms with Crippen LogP contribution in [0.3, 0.4) is 0 Å². The Hall–Kier alpha value is 0.720. The topological polar surface area (TPSA) is 0 Å². The summed E-state index contributed by atoms with van der Waals surface area (Å²) >= 11 is 7.96. The Bertz CT molecular complexity index is 334. The Morgan fingerprint density at radius 2 is 0.516 bits per heavy atom. The molecule has 0 aliphatic rings. The molecule has 0 radical (unpaired) electrons. The molecule has 0 aromatic rings. The SMILES string of the molecule is CCCCCCCCCCCP(Cl)(CCCCCC)(CCCCCC)CCCCCC. The van der Waals surface area contributed by atoms with Gasteiger partial charge in [-0.25, -0.2) is 0 Å². The van der Waals surface area contributed by atoms with Crippen molar-refractivity contribution < 1.29 is 0 Å². The standard InChI is InChI=1S/C29H62ClP/c1-5-9-13-17-18-19-20-21-25-29-31(30,26-22-14-10-6-2,27-23-15-11-7-3)28-24-16-12-8-4/h5-29H2,1-4H3. The van der Waals surface area contributed by atoms with Crippen molar-refractivity contribution in [2.75, 3.05) is 24.6 Å². The first-order valence-corrected chi connectivity index (χ1v) is 18.6. The first-order valence-electron chi connectivity index (χ1n) is 14.8. The molecule has 0 heterocycles. The number of hydrogen-bond donors (Lipinski definition) is 0. The summed E-state index contributed by atoms with van der Waals surface area (Å²) in [5.74, 6) is -2.05. The van der Waals surface area contributed by atoms with E-state index in [2.05, 4.69) is 27.7 Å². The van der Waals surface area contributed by atoms with Gasteiger partial charge >= 0.3 is 204 Å². The molecule has 0 nitrogen and oxygen atoms in total. The molecule has 190 valence electrons. The van der Waals surface area contributed by atoms with Gasteiger partial charge in [-0.2, -0.15) is 0 Å². The van der Waals surface area contributed by atoms with Crippen LogP contribution in [0.1, 0.15) is 163 Å². The van der Waals surface area contributed by atoms with Crippen LogP contribution in [0.2, 0.25) is 0 Å². The molecule has 0 aromatic carbocycles. The van der Waals surface area contributed by atoms with E-state index in [0.29, 0.717) is 0 Å². The number of rotatable bonds is 25. The molecule has 2 heteroatoms. The van der Waals surface area contributed by atoms with Crippen LogP contribution in [0.5, 0.6) is 0 Å². The molecule has 0 fully saturated rings. The molecule has 0 amide bonds. The van der Waals surface area contributed by atoms with E-state index in [9.17, 15) is 0 Å². The van der Waals surface area contributed by atoms with Crippen LogP contribution in [0.15, 0.2) is 0 Å². The summed E-state index contributed by atoms with van der Waals surface area (Å²) < 4.78 is 0. The molecule has 0 aliphatic heterocycles. The molecule has 0 aromatic heterocycles. The van der Waals surface area contributed by atoms with Crippen molar-refractivity contribution in [3.8, 4) is 0 Å². The summed E-state index contributed by atoms with van der Waals surface area (Å²) in [7, 11) is 0. The maximum atomic E-state index is 7.96. The zero-order chi connectivity index (χ0) is 23.1. The summed E-state index contributed by atoms with van der Waals surface area (Å²) in [6.45, 7) is 9.30. The van der Waals surface area contributed by atoms with E-state index in [-0.39, 0.29) is 0 Å². The van der Waals surface area contributed by atoms with Gasteiger partial charge in [-0.05, 0) is 0 Å². The van der Waals surface area contributed by atoms with E-state index in [1.165, 1.54) is 159 Å². The Labute approximate surface area is 204 Å². The van der Waals surface area contributed by atoms with Crippen LogP contribution in [0.4, 0.5) is 0 Å². The van der Waals surface area contributed by atoms with Crippen LogP contribution in [0.25, 0.3) is 0 Å². The fourth-order valence-electron chi connectivity index (χ4n) is 5.29. The Kier molecular flexibility index (Phi) is 21.8. The van der Waals surface area contributed by atoms with Crippen LogP contribution >= 0.6 is 17.2 Å². The zero-order valence-corrected chi connectivity index (χ0v) is 24.2. The first kappa shape index (κ1) is 31.7. The molecule has 0 unspecified atom stereocenters. The van der Waals surface area contributed by atoms with Gasteiger partial charge in [-0.3, -0.25) is 0 Å². The summed E-state index contributed by atoms with van der Waals surface area (Å²) in [5, 5.41) is 0. The Balaban J connectivity index is 4.76. The Morgan fingerprint density at radius 3 is 0.774 bits per heavy atom. The molecular weight excluding hydrogens is 415 g/mol. The minimum atomic E-state index is -2.05. The summed E-state index contributed by atoms with van der Waals surface area (Å²) in [6.07, 6.45) is 35.0. The second-order valence-electron chi connectivity index (χ2n) is 10.7. The number of unbranched alkanes of at least 4 members (excludes halogenated alkanes) is 17. The van der Waals surface area contributed by atoms with Gasteiger partial charge in [0.15, 0.2) is 0 Å². The summed E-state index contributed by atoms with van der Waals surface area (Å²) in [5.41, 5.74) is 0. The summed E-state index contributed by atoms with van der Waals surface area (Å²) in [4.78, 5) is 0. The van der Waals surface area contributed by atoms with Gasteiger partial charge in [0.2, 0.25) is 0 Å². The van der Waals surface area contributed by atoms with Crippen LogP contribution in [0, 0.1) is 0 Å². The minimum absolute atomic E-state index is 1.34. The van der Waals surface area contributed by atoms with Crippen LogP contribution in [-0.4, -0.2) is 24.6 Å². The summed E-state index contributed by atoms with van der Waals surface area (Å²) in [6, 6.07) is 0. The van der Waals surface area contributed by atoms with E-state index < -0.39 is 5.96 Å². The van der Waals surface area contributed by atoms with Gasteiger partial charge in [-0.1, -0.05) is 0 Å². The van der Waals surface area contributed by atoms with Crippen molar-refractivity contribution >= 4 is 17.2 Å². The monoisotopic (exact) mass is 476 g/mol. The van der Waals surface area contributed by atoms with Crippen molar-refractivity contribution in [3.05, 3.63) is 0 Å². The molecule has 0 aliphatic carbocycles. The van der Waals surface area contributed by atoms with E-state index in [0.717, 1.165) is 0 Å². The van der Waals surface area contributed by atoms with Gasteiger partial charge in [0.05, 0.1) is 0 Å². The quantitative estimate of drug-likeness (QED) is 0.0906. The van der Waals surface area contributed by atoms with Gasteiger partial charge < -0.3 is 0 Å². The Morgan fingerprint density at radius 1 is 0.323 bits per heavy atom. The van der Waals surface area contributed by atoms with E-state index in [1.54, 1.807) is 0 Å². The fourth-order valence-corrected chi connectivity index (χ4v) is 12.1.